The third-order valence-electron chi connectivity index (χ3n) is 3.10. The van der Waals surface area contributed by atoms with Crippen LogP contribution in [0.5, 0.6) is 0 Å². The smallest absolute Gasteiger partial charge is 0.197 e. The summed E-state index contributed by atoms with van der Waals surface area (Å²) in [5.41, 5.74) is 5.94. The van der Waals surface area contributed by atoms with E-state index in [0.29, 0.717) is 16.1 Å². The number of nitrogens with one attached hydrogen (secondary N) is 1. The quantitative estimate of drug-likeness (QED) is 0.563. The number of nitrogens with two attached hydrogens (primary N) is 1. The molecule has 0 radical (unpaired) electrons. The zero-order valence-corrected chi connectivity index (χ0v) is 11.2. The molecule has 0 unspecified atom stereocenters. The summed E-state index contributed by atoms with van der Waals surface area (Å²) in [6, 6.07) is 3.08. The van der Waals surface area contributed by atoms with Crippen molar-refractivity contribution in [3.8, 4) is 0 Å². The summed E-state index contributed by atoms with van der Waals surface area (Å²) < 4.78 is 26.4. The number of rotatable bonds is 2. The number of fused-ring (bicyclic) bond motifs is 1. The van der Waals surface area contributed by atoms with Gasteiger partial charge in [-0.2, -0.15) is 0 Å². The molecule has 0 fully saturated rings. The lowest BCUT2D eigenvalue weighted by Crippen LogP contribution is -2.07. The summed E-state index contributed by atoms with van der Waals surface area (Å²) >= 11 is 6.05. The fourth-order valence-corrected chi connectivity index (χ4v) is 2.35. The monoisotopic (exact) mass is 307 g/mol. The van der Waals surface area contributed by atoms with E-state index in [1.165, 1.54) is 18.5 Å². The molecule has 0 aliphatic rings. The summed E-state index contributed by atoms with van der Waals surface area (Å²) in [6.45, 7) is 0. The van der Waals surface area contributed by atoms with E-state index < -0.39 is 17.4 Å². The molecule has 0 saturated carbocycles. The van der Waals surface area contributed by atoms with Crippen LogP contribution in [0.1, 0.15) is 15.9 Å². The van der Waals surface area contributed by atoms with Crippen LogP contribution < -0.4 is 5.73 Å². The third-order valence-corrected chi connectivity index (χ3v) is 3.42. The Morgan fingerprint density at radius 3 is 2.71 bits per heavy atom. The summed E-state index contributed by atoms with van der Waals surface area (Å²) in [5, 5.41) is 0.735. The van der Waals surface area contributed by atoms with Crippen LogP contribution in [-0.4, -0.2) is 15.8 Å². The van der Waals surface area contributed by atoms with Crippen molar-refractivity contribution >= 4 is 34.1 Å². The van der Waals surface area contributed by atoms with E-state index in [1.54, 1.807) is 0 Å². The third kappa shape index (κ3) is 2.13. The van der Waals surface area contributed by atoms with Gasteiger partial charge in [0.05, 0.1) is 10.6 Å². The Morgan fingerprint density at radius 2 is 1.95 bits per heavy atom. The maximum Gasteiger partial charge on any atom is 0.197 e. The molecular formula is C14H8ClF2N3O. The number of H-pyrrole nitrogens is 1. The fourth-order valence-electron chi connectivity index (χ4n) is 2.10. The number of hydrogen-bond acceptors (Lipinski definition) is 3. The minimum absolute atomic E-state index is 0.130. The highest BCUT2D eigenvalue weighted by Gasteiger charge is 2.20. The van der Waals surface area contributed by atoms with Crippen molar-refractivity contribution in [3.63, 3.8) is 0 Å². The second-order valence-corrected chi connectivity index (χ2v) is 4.81. The van der Waals surface area contributed by atoms with Gasteiger partial charge in [-0.15, -0.1) is 0 Å². The van der Waals surface area contributed by atoms with E-state index >= 15 is 0 Å². The molecule has 0 amide bonds. The van der Waals surface area contributed by atoms with Crippen LogP contribution in [0.3, 0.4) is 0 Å². The van der Waals surface area contributed by atoms with Crippen LogP contribution in [0.4, 0.5) is 14.5 Å². The van der Waals surface area contributed by atoms with Crippen LogP contribution in [0.15, 0.2) is 30.6 Å². The maximum atomic E-state index is 13.3. The molecule has 0 bridgehead atoms. The molecule has 1 aromatic carbocycles. The zero-order valence-electron chi connectivity index (χ0n) is 10.5. The van der Waals surface area contributed by atoms with Gasteiger partial charge in [0.15, 0.2) is 17.4 Å². The van der Waals surface area contributed by atoms with Crippen molar-refractivity contribution in [2.45, 2.75) is 0 Å². The number of benzene rings is 1. The molecular weight excluding hydrogens is 300 g/mol. The Kier molecular flexibility index (Phi) is 3.10. The lowest BCUT2D eigenvalue weighted by Gasteiger charge is -2.05. The Labute approximate surface area is 122 Å². The van der Waals surface area contributed by atoms with Crippen molar-refractivity contribution in [2.24, 2.45) is 0 Å². The Hall–Kier alpha value is -2.47. The molecule has 21 heavy (non-hydrogen) atoms. The van der Waals surface area contributed by atoms with E-state index in [1.807, 2.05) is 0 Å². The minimum Gasteiger partial charge on any atom is -0.398 e. The molecule has 0 saturated heterocycles. The topological polar surface area (TPSA) is 71.8 Å². The van der Waals surface area contributed by atoms with Crippen LogP contribution in [-0.2, 0) is 0 Å². The summed E-state index contributed by atoms with van der Waals surface area (Å²) in [4.78, 5) is 19.3. The first-order chi connectivity index (χ1) is 9.99. The number of aromatic amines is 1. The average molecular weight is 308 g/mol. The maximum absolute atomic E-state index is 13.3. The van der Waals surface area contributed by atoms with E-state index in [0.717, 1.165) is 12.1 Å². The zero-order chi connectivity index (χ0) is 15.1. The van der Waals surface area contributed by atoms with E-state index in [4.69, 9.17) is 17.3 Å². The number of hydrogen-bond donors (Lipinski definition) is 2. The minimum atomic E-state index is -1.14. The van der Waals surface area contributed by atoms with Crippen LogP contribution >= 0.6 is 11.6 Å². The first kappa shape index (κ1) is 13.5. The number of carbonyl (C=O) groups is 1. The predicted molar refractivity (Wildman–Crippen MR) is 75.3 cm³/mol. The molecule has 0 spiro atoms. The molecule has 3 rings (SSSR count). The van der Waals surface area contributed by atoms with Gasteiger partial charge in [-0.1, -0.05) is 11.6 Å². The molecule has 0 aliphatic heterocycles. The van der Waals surface area contributed by atoms with E-state index in [9.17, 15) is 13.6 Å². The van der Waals surface area contributed by atoms with Crippen molar-refractivity contribution in [1.82, 2.24) is 9.97 Å². The molecule has 7 heteroatoms. The lowest BCUT2D eigenvalue weighted by molar-refractivity contribution is 0.104. The highest BCUT2D eigenvalue weighted by atomic mass is 35.5. The Morgan fingerprint density at radius 1 is 1.24 bits per heavy atom. The fraction of sp³-hybridized carbons (Fsp3) is 0. The normalized spacial score (nSPS) is 11.0. The Balaban J connectivity index is 2.20. The van der Waals surface area contributed by atoms with Crippen molar-refractivity contribution in [1.29, 1.82) is 0 Å². The summed E-state index contributed by atoms with van der Waals surface area (Å²) in [5.74, 6) is -2.81. The molecule has 3 aromatic rings. The van der Waals surface area contributed by atoms with E-state index in [-0.39, 0.29) is 16.8 Å². The lowest BCUT2D eigenvalue weighted by atomic mass is 10.0. The standard InChI is InChI=1S/C14H8ClF2N3O/c15-8-1-2-19-14-12(8)7(5-20-14)13(21)6-3-9(16)10(17)4-11(6)18/h1-5H,18H2,(H,19,20). The van der Waals surface area contributed by atoms with Gasteiger partial charge in [-0.3, -0.25) is 4.79 Å². The number of pyridine rings is 1. The predicted octanol–water partition coefficient (Wildman–Crippen LogP) is 3.31. The molecule has 0 aliphatic carbocycles. The van der Waals surface area contributed by atoms with Gasteiger partial charge in [-0.05, 0) is 12.1 Å². The first-order valence-corrected chi connectivity index (χ1v) is 6.27. The SMILES string of the molecule is Nc1cc(F)c(F)cc1C(=O)c1c[nH]c2nccc(Cl)c12. The van der Waals surface area contributed by atoms with Gasteiger partial charge in [0, 0.05) is 35.1 Å². The molecule has 2 heterocycles. The second-order valence-electron chi connectivity index (χ2n) is 4.40. The first-order valence-electron chi connectivity index (χ1n) is 5.90. The number of aromatic nitrogens is 2. The summed E-state index contributed by atoms with van der Waals surface area (Å²) in [7, 11) is 0. The van der Waals surface area contributed by atoms with Gasteiger partial charge >= 0.3 is 0 Å². The van der Waals surface area contributed by atoms with Gasteiger partial charge in [0.2, 0.25) is 0 Å². The molecule has 2 aromatic heterocycles. The van der Waals surface area contributed by atoms with Gasteiger partial charge < -0.3 is 10.7 Å². The Bertz CT molecular complexity index is 876. The summed E-state index contributed by atoms with van der Waals surface area (Å²) in [6.07, 6.45) is 2.90. The second kappa shape index (κ2) is 4.82. The molecule has 0 atom stereocenters. The van der Waals surface area contributed by atoms with E-state index in [2.05, 4.69) is 9.97 Å². The van der Waals surface area contributed by atoms with Crippen LogP contribution in [0, 0.1) is 11.6 Å². The average Bonchev–Trinajstić information content (AvgIpc) is 2.87. The van der Waals surface area contributed by atoms with Crippen molar-refractivity contribution < 1.29 is 13.6 Å². The number of halogens is 3. The highest BCUT2D eigenvalue weighted by molar-refractivity contribution is 6.37. The molecule has 106 valence electrons. The number of nitrogen functional groups attached to an aromatic ring is 1. The van der Waals surface area contributed by atoms with Crippen LogP contribution in [0.25, 0.3) is 11.0 Å². The van der Waals surface area contributed by atoms with Gasteiger partial charge in [0.25, 0.3) is 0 Å². The number of anilines is 1. The number of carbonyl (C=O) groups excluding carboxylic acids is 1. The number of ketones is 1. The number of nitrogens with zero attached hydrogens (tertiary/aromatic N) is 1. The van der Waals surface area contributed by atoms with Crippen molar-refractivity contribution in [2.75, 3.05) is 5.73 Å². The molecule has 3 N–H and O–H groups in total. The van der Waals surface area contributed by atoms with Crippen molar-refractivity contribution in [3.05, 3.63) is 58.4 Å². The highest BCUT2D eigenvalue weighted by Crippen LogP contribution is 2.28. The van der Waals surface area contributed by atoms with Gasteiger partial charge in [-0.25, -0.2) is 13.8 Å². The van der Waals surface area contributed by atoms with Crippen LogP contribution in [0.2, 0.25) is 5.02 Å². The largest absolute Gasteiger partial charge is 0.398 e. The van der Waals surface area contributed by atoms with Gasteiger partial charge in [0.1, 0.15) is 5.65 Å². The molecule has 4 nitrogen and oxygen atoms in total.